The minimum Gasteiger partial charge on any atom is -0.491 e. The Morgan fingerprint density at radius 1 is 1.09 bits per heavy atom. The predicted molar refractivity (Wildman–Crippen MR) is 161 cm³/mol. The number of aliphatic hydroxyl groups excluding tert-OH is 2. The van der Waals surface area contributed by atoms with E-state index in [0.29, 0.717) is 44.7 Å². The van der Waals surface area contributed by atoms with Gasteiger partial charge in [0.15, 0.2) is 9.84 Å². The first-order valence-corrected chi connectivity index (χ1v) is 17.3. The smallest absolute Gasteiger partial charge is 0.244 e. The van der Waals surface area contributed by atoms with E-state index in [1.54, 1.807) is 18.2 Å². The molecular weight excluding hydrogens is 594 g/mol. The second-order valence-corrected chi connectivity index (χ2v) is 16.5. The van der Waals surface area contributed by atoms with E-state index < -0.39 is 42.9 Å². The zero-order valence-electron chi connectivity index (χ0n) is 24.3. The number of sulfonamides is 1. The van der Waals surface area contributed by atoms with Crippen molar-refractivity contribution in [3.8, 4) is 5.75 Å². The molecule has 2 saturated heterocycles. The highest BCUT2D eigenvalue weighted by Gasteiger charge is 2.45. The van der Waals surface area contributed by atoms with Gasteiger partial charge >= 0.3 is 0 Å². The molecule has 234 valence electrons. The highest BCUT2D eigenvalue weighted by atomic mass is 32.2. The second kappa shape index (κ2) is 12.4. The number of piperidine rings is 1. The van der Waals surface area contributed by atoms with Gasteiger partial charge < -0.3 is 25.0 Å². The number of aliphatic hydroxyl groups is 2. The van der Waals surface area contributed by atoms with Gasteiger partial charge in [-0.15, -0.1) is 0 Å². The maximum absolute atomic E-state index is 13.3. The molecule has 2 atom stereocenters. The number of para-hydroxylation sites is 1. The Balaban J connectivity index is 1.09. The topological polar surface area (TPSA) is 155 Å². The number of nitrogens with one attached hydrogen (secondary N) is 1. The zero-order valence-corrected chi connectivity index (χ0v) is 26.0. The minimum atomic E-state index is -3.78. The molecule has 5 rings (SSSR count). The molecule has 43 heavy (non-hydrogen) atoms. The third-order valence-electron chi connectivity index (χ3n) is 8.35. The van der Waals surface area contributed by atoms with Crippen LogP contribution < -0.4 is 10.1 Å². The van der Waals surface area contributed by atoms with Crippen LogP contribution in [0, 0.1) is 0 Å². The van der Waals surface area contributed by atoms with Crippen molar-refractivity contribution in [3.63, 3.8) is 0 Å². The first kappa shape index (κ1) is 31.8. The van der Waals surface area contributed by atoms with Crippen LogP contribution in [0.1, 0.15) is 33.1 Å². The van der Waals surface area contributed by atoms with E-state index in [1.165, 1.54) is 36.5 Å². The average Bonchev–Trinajstić information content (AvgIpc) is 3.40. The lowest BCUT2D eigenvalue weighted by molar-refractivity contribution is -0.0312. The summed E-state index contributed by atoms with van der Waals surface area (Å²) in [6, 6.07) is 15.1. The Morgan fingerprint density at radius 2 is 1.84 bits per heavy atom. The van der Waals surface area contributed by atoms with Gasteiger partial charge in [-0.05, 0) is 63.4 Å². The van der Waals surface area contributed by atoms with Crippen molar-refractivity contribution in [1.82, 2.24) is 14.6 Å². The Hall–Kier alpha value is -2.65. The van der Waals surface area contributed by atoms with Gasteiger partial charge in [0.1, 0.15) is 23.4 Å². The molecule has 0 radical (unpaired) electrons. The summed E-state index contributed by atoms with van der Waals surface area (Å²) in [5, 5.41) is 24.1. The zero-order chi connectivity index (χ0) is 30.9. The number of ether oxygens (including phenoxy) is 2. The van der Waals surface area contributed by atoms with Crippen molar-refractivity contribution in [2.45, 2.75) is 65.4 Å². The summed E-state index contributed by atoms with van der Waals surface area (Å²) >= 11 is 0. The molecule has 3 heterocycles. The fourth-order valence-electron chi connectivity index (χ4n) is 5.49. The van der Waals surface area contributed by atoms with Crippen LogP contribution in [-0.4, -0.2) is 98.3 Å². The molecule has 0 saturated carbocycles. The molecule has 2 aliphatic rings. The van der Waals surface area contributed by atoms with Crippen molar-refractivity contribution in [1.29, 1.82) is 0 Å². The molecule has 1 aromatic heterocycles. The van der Waals surface area contributed by atoms with Gasteiger partial charge in [0.05, 0.1) is 34.0 Å². The van der Waals surface area contributed by atoms with Crippen LogP contribution >= 0.6 is 0 Å². The monoisotopic (exact) mass is 633 g/mol. The third-order valence-corrected chi connectivity index (χ3v) is 12.7. The molecule has 0 amide bonds. The number of fused-ring (bicyclic) bond motifs is 1. The molecule has 13 heteroatoms. The number of nitrogens with zero attached hydrogens (tertiary/aromatic N) is 2. The lowest BCUT2D eigenvalue weighted by atomic mass is 9.88. The molecule has 3 N–H and O–H groups in total. The molecule has 2 aromatic carbocycles. The van der Waals surface area contributed by atoms with Crippen LogP contribution in [0.4, 0.5) is 0 Å². The van der Waals surface area contributed by atoms with E-state index in [2.05, 4.69) is 10.3 Å². The van der Waals surface area contributed by atoms with E-state index >= 15 is 0 Å². The van der Waals surface area contributed by atoms with E-state index in [-0.39, 0.29) is 29.0 Å². The number of aromatic nitrogens is 1. The van der Waals surface area contributed by atoms with Crippen molar-refractivity contribution in [2.24, 2.45) is 0 Å². The Bertz CT molecular complexity index is 1650. The first-order valence-electron chi connectivity index (χ1n) is 14.3. The largest absolute Gasteiger partial charge is 0.491 e. The second-order valence-electron chi connectivity index (χ2n) is 11.9. The van der Waals surface area contributed by atoms with Crippen molar-refractivity contribution in [3.05, 3.63) is 60.8 Å². The lowest BCUT2D eigenvalue weighted by Crippen LogP contribution is -2.47. The van der Waals surface area contributed by atoms with Crippen LogP contribution in [0.15, 0.2) is 70.6 Å². The van der Waals surface area contributed by atoms with Gasteiger partial charge in [0.25, 0.3) is 0 Å². The summed E-state index contributed by atoms with van der Waals surface area (Å²) in [5.41, 5.74) is 0.331. The van der Waals surface area contributed by atoms with Crippen molar-refractivity contribution >= 4 is 30.8 Å². The molecule has 1 spiro atoms. The van der Waals surface area contributed by atoms with Gasteiger partial charge in [0.2, 0.25) is 10.0 Å². The molecule has 2 aliphatic heterocycles. The predicted octanol–water partition coefficient (Wildman–Crippen LogP) is 2.12. The summed E-state index contributed by atoms with van der Waals surface area (Å²) in [4.78, 5) is 4.54. The van der Waals surface area contributed by atoms with Gasteiger partial charge in [-0.2, -0.15) is 4.31 Å². The summed E-state index contributed by atoms with van der Waals surface area (Å²) in [7, 11) is -7.45. The molecule has 2 fully saturated rings. The molecular formula is C30H39N3O8S2. The number of hydrogen-bond donors (Lipinski definition) is 3. The van der Waals surface area contributed by atoms with Gasteiger partial charge in [-0.3, -0.25) is 4.98 Å². The maximum atomic E-state index is 13.3. The number of pyridine rings is 1. The van der Waals surface area contributed by atoms with Crippen LogP contribution in [0.25, 0.3) is 10.9 Å². The molecule has 0 bridgehead atoms. The standard InChI is InChI=1S/C30H39N3O8S2/c1-29(2,21-34)42(36,37)26-8-5-7-25(15-26)40-20-24(35)17-31-23-16-30(41-19-23)10-12-33(13-11-30)43(38,39)27-14-22-6-3-4-9-28(22)32-18-27/h3-9,14-15,18,23-24,31,34-35H,10-13,16-17,19-21H2,1-2H3. The van der Waals surface area contributed by atoms with Crippen LogP contribution in [0.3, 0.4) is 0 Å². The van der Waals surface area contributed by atoms with Gasteiger partial charge in [0, 0.05) is 37.3 Å². The fraction of sp³-hybridized carbons (Fsp3) is 0.500. The number of hydrogen-bond acceptors (Lipinski definition) is 10. The first-order chi connectivity index (χ1) is 20.4. The number of benzene rings is 2. The summed E-state index contributed by atoms with van der Waals surface area (Å²) < 4.78 is 64.3. The fourth-order valence-corrected chi connectivity index (χ4v) is 8.25. The average molecular weight is 634 g/mol. The SMILES string of the molecule is CC(C)(CO)S(=O)(=O)c1cccc(OCC(O)CNC2COC3(CCN(S(=O)(=O)c4cnc5ccccc5c4)CC3)C2)c1. The highest BCUT2D eigenvalue weighted by Crippen LogP contribution is 2.37. The van der Waals surface area contributed by atoms with Crippen molar-refractivity contribution < 1.29 is 36.5 Å². The van der Waals surface area contributed by atoms with Crippen LogP contribution in [0.5, 0.6) is 5.75 Å². The van der Waals surface area contributed by atoms with E-state index in [9.17, 15) is 27.0 Å². The Morgan fingerprint density at radius 3 is 2.58 bits per heavy atom. The van der Waals surface area contributed by atoms with Gasteiger partial charge in [-0.25, -0.2) is 16.8 Å². The highest BCUT2D eigenvalue weighted by molar-refractivity contribution is 7.92. The van der Waals surface area contributed by atoms with E-state index in [0.717, 1.165) is 10.9 Å². The van der Waals surface area contributed by atoms with Crippen LogP contribution in [-0.2, 0) is 24.6 Å². The van der Waals surface area contributed by atoms with Crippen molar-refractivity contribution in [2.75, 3.05) is 39.5 Å². The Labute approximate surface area is 252 Å². The quantitative estimate of drug-likeness (QED) is 0.286. The normalized spacial score (nSPS) is 20.4. The Kier molecular flexibility index (Phi) is 9.15. The third kappa shape index (κ3) is 6.72. The maximum Gasteiger partial charge on any atom is 0.244 e. The number of sulfone groups is 1. The van der Waals surface area contributed by atoms with Gasteiger partial charge in [-0.1, -0.05) is 24.3 Å². The molecule has 0 aliphatic carbocycles. The molecule has 2 unspecified atom stereocenters. The summed E-state index contributed by atoms with van der Waals surface area (Å²) in [5.74, 6) is 0.304. The number of rotatable bonds is 11. The molecule has 3 aromatic rings. The summed E-state index contributed by atoms with van der Waals surface area (Å²) in [6.07, 6.45) is 2.41. The lowest BCUT2D eigenvalue weighted by Gasteiger charge is -2.38. The molecule has 11 nitrogen and oxygen atoms in total. The summed E-state index contributed by atoms with van der Waals surface area (Å²) in [6.45, 7) is 3.75. The van der Waals surface area contributed by atoms with E-state index in [4.69, 9.17) is 9.47 Å². The van der Waals surface area contributed by atoms with Crippen LogP contribution in [0.2, 0.25) is 0 Å². The van der Waals surface area contributed by atoms with E-state index in [1.807, 2.05) is 24.3 Å². The minimum absolute atomic E-state index is 0.00308.